The molecule has 11 nitrogen and oxygen atoms in total. The lowest BCUT2D eigenvalue weighted by atomic mass is 9.99. The van der Waals surface area contributed by atoms with Gasteiger partial charge in [-0.3, -0.25) is 9.79 Å². The average molecular weight is 533 g/mol. The Kier molecular flexibility index (Phi) is 10.6. The van der Waals surface area contributed by atoms with E-state index in [0.29, 0.717) is 48.0 Å². The number of quaternary nitrogens is 1. The molecular formula is C25H33ClN6O5. The molecule has 200 valence electrons. The number of amides is 1. The minimum atomic E-state index is -0.492. The Balaban J connectivity index is 0.00000481. The molecule has 0 aliphatic carbocycles. The Morgan fingerprint density at radius 1 is 1.11 bits per heavy atom. The number of aromatic nitrogens is 1. The van der Waals surface area contributed by atoms with Gasteiger partial charge in [-0.1, -0.05) is 11.2 Å². The number of nitrogens with one attached hydrogen (secondary N) is 1. The van der Waals surface area contributed by atoms with Crippen molar-refractivity contribution in [2.75, 3.05) is 33.2 Å². The van der Waals surface area contributed by atoms with E-state index in [2.05, 4.69) is 21.2 Å². The molecule has 3 rings (SSSR count). The van der Waals surface area contributed by atoms with E-state index in [4.69, 9.17) is 30.2 Å². The number of hydrogen-bond acceptors (Lipinski definition) is 7. The molecule has 12 heteroatoms. The first kappa shape index (κ1) is 29.3. The molecule has 0 fully saturated rings. The van der Waals surface area contributed by atoms with Gasteiger partial charge in [-0.15, -0.1) is 0 Å². The molecule has 37 heavy (non-hydrogen) atoms. The summed E-state index contributed by atoms with van der Waals surface area (Å²) < 4.78 is 21.7. The van der Waals surface area contributed by atoms with Crippen molar-refractivity contribution in [1.82, 2.24) is 5.16 Å². The molecule has 1 atom stereocenters. The van der Waals surface area contributed by atoms with Crippen molar-refractivity contribution < 1.29 is 41.7 Å². The number of carbonyl (C=O) groups is 1. The standard InChI is InChI=1S/C25H32N6O5.ClH/c1-14-10-16(12-21(34-3)23(14)35-4)22-17(13-36-31-22)15-7-8-20(33-2)19(11-15)30-24(32)18(26)6-5-9-29-25(27)28;/h7-8,10-13,18H,5-6,9,26H2,1-4H3,(H,30,32)(H4,27,28,29);1H. The van der Waals surface area contributed by atoms with Crippen LogP contribution in [0.5, 0.6) is 17.2 Å². The van der Waals surface area contributed by atoms with E-state index >= 15 is 0 Å². The number of aliphatic imine (C=N–C) groups is 1. The van der Waals surface area contributed by atoms with E-state index in [0.717, 1.165) is 22.3 Å². The quantitative estimate of drug-likeness (QED) is 0.137. The first-order chi connectivity index (χ1) is 17.3. The Morgan fingerprint density at radius 3 is 2.49 bits per heavy atom. The summed E-state index contributed by atoms with van der Waals surface area (Å²) in [5.41, 5.74) is 19.0. The minimum absolute atomic E-state index is 0. The summed E-state index contributed by atoms with van der Waals surface area (Å²) in [5, 5.41) is 7.14. The molecule has 8 N–H and O–H groups in total. The third-order valence-corrected chi connectivity index (χ3v) is 5.65. The lowest BCUT2D eigenvalue weighted by Crippen LogP contribution is -3.00. The molecule has 1 unspecified atom stereocenters. The number of guanidine groups is 1. The van der Waals surface area contributed by atoms with Crippen LogP contribution >= 0.6 is 0 Å². The van der Waals surface area contributed by atoms with E-state index in [1.807, 2.05) is 31.2 Å². The lowest BCUT2D eigenvalue weighted by Gasteiger charge is -2.14. The second kappa shape index (κ2) is 13.4. The van der Waals surface area contributed by atoms with Crippen LogP contribution in [0.1, 0.15) is 18.4 Å². The maximum absolute atomic E-state index is 12.8. The number of anilines is 1. The molecule has 1 heterocycles. The van der Waals surface area contributed by atoms with Crippen molar-refractivity contribution in [3.63, 3.8) is 0 Å². The first-order valence-electron chi connectivity index (χ1n) is 11.3. The van der Waals surface area contributed by atoms with Gasteiger partial charge in [0.2, 0.25) is 0 Å². The van der Waals surface area contributed by atoms with Gasteiger partial charge in [0.25, 0.3) is 5.91 Å². The summed E-state index contributed by atoms with van der Waals surface area (Å²) in [6.07, 6.45) is 2.72. The maximum atomic E-state index is 12.8. The minimum Gasteiger partial charge on any atom is -1.00 e. The van der Waals surface area contributed by atoms with Gasteiger partial charge in [0.05, 0.1) is 27.0 Å². The fourth-order valence-electron chi connectivity index (χ4n) is 3.83. The Bertz CT molecular complexity index is 1240. The van der Waals surface area contributed by atoms with Gasteiger partial charge in [0.1, 0.15) is 17.7 Å². The topological polar surface area (TPSA) is 175 Å². The van der Waals surface area contributed by atoms with Crippen LogP contribution < -0.4 is 49.1 Å². The summed E-state index contributed by atoms with van der Waals surface area (Å²) in [6, 6.07) is 8.76. The zero-order chi connectivity index (χ0) is 26.2. The Labute approximate surface area is 221 Å². The number of carbonyl (C=O) groups excluding carboxylic acids is 1. The van der Waals surface area contributed by atoms with E-state index in [-0.39, 0.29) is 24.3 Å². The van der Waals surface area contributed by atoms with Gasteiger partial charge in [-0.05, 0) is 48.7 Å². The van der Waals surface area contributed by atoms with Crippen molar-refractivity contribution in [1.29, 1.82) is 0 Å². The molecule has 0 saturated heterocycles. The summed E-state index contributed by atoms with van der Waals surface area (Å²) >= 11 is 0. The summed E-state index contributed by atoms with van der Waals surface area (Å²) in [7, 11) is 4.72. The highest BCUT2D eigenvalue weighted by Gasteiger charge is 2.21. The number of aryl methyl sites for hydroxylation is 1. The van der Waals surface area contributed by atoms with Crippen molar-refractivity contribution in [3.8, 4) is 39.6 Å². The van der Waals surface area contributed by atoms with Gasteiger partial charge in [0.15, 0.2) is 23.5 Å². The normalized spacial score (nSPS) is 11.2. The van der Waals surface area contributed by atoms with Crippen LogP contribution in [0.15, 0.2) is 46.1 Å². The van der Waals surface area contributed by atoms with Gasteiger partial charge < -0.3 is 53.7 Å². The molecule has 1 amide bonds. The van der Waals surface area contributed by atoms with E-state index in [1.165, 1.54) is 0 Å². The maximum Gasteiger partial charge on any atom is 0.282 e. The SMILES string of the molecule is COc1ccc(-c2conc2-c2cc(C)c(OC)c(OC)c2)cc1NC(=O)C([NH3+])CCCN=C(N)N.[Cl-]. The molecule has 0 aliphatic heterocycles. The number of benzene rings is 2. The number of halogens is 1. The molecule has 0 saturated carbocycles. The molecule has 3 aromatic rings. The fourth-order valence-corrected chi connectivity index (χ4v) is 3.83. The predicted molar refractivity (Wildman–Crippen MR) is 137 cm³/mol. The highest BCUT2D eigenvalue weighted by atomic mass is 35.5. The van der Waals surface area contributed by atoms with Crippen molar-refractivity contribution >= 4 is 17.6 Å². The number of rotatable bonds is 11. The van der Waals surface area contributed by atoms with Crippen LogP contribution in [-0.2, 0) is 4.79 Å². The molecule has 2 aromatic carbocycles. The first-order valence-corrected chi connectivity index (χ1v) is 11.3. The van der Waals surface area contributed by atoms with Crippen LogP contribution in [0.25, 0.3) is 22.4 Å². The van der Waals surface area contributed by atoms with Crippen LogP contribution in [0.4, 0.5) is 5.69 Å². The molecule has 0 bridgehead atoms. The number of nitrogens with zero attached hydrogens (tertiary/aromatic N) is 2. The van der Waals surface area contributed by atoms with Crippen LogP contribution in [0.3, 0.4) is 0 Å². The highest BCUT2D eigenvalue weighted by Crippen LogP contribution is 2.40. The van der Waals surface area contributed by atoms with E-state index in [9.17, 15) is 4.79 Å². The fraction of sp³-hybridized carbons (Fsp3) is 0.320. The highest BCUT2D eigenvalue weighted by molar-refractivity contribution is 5.96. The van der Waals surface area contributed by atoms with Crippen molar-refractivity contribution in [2.24, 2.45) is 16.5 Å². The van der Waals surface area contributed by atoms with Gasteiger partial charge in [-0.25, -0.2) is 0 Å². The number of nitrogens with two attached hydrogens (primary N) is 2. The van der Waals surface area contributed by atoms with Crippen molar-refractivity contribution in [3.05, 3.63) is 42.2 Å². The molecular weight excluding hydrogens is 500 g/mol. The molecule has 0 radical (unpaired) electrons. The second-order valence-electron chi connectivity index (χ2n) is 8.16. The number of ether oxygens (including phenoxy) is 3. The zero-order valence-corrected chi connectivity index (χ0v) is 22.1. The van der Waals surface area contributed by atoms with Gasteiger partial charge >= 0.3 is 0 Å². The van der Waals surface area contributed by atoms with Crippen molar-refractivity contribution in [2.45, 2.75) is 25.8 Å². The monoisotopic (exact) mass is 532 g/mol. The Morgan fingerprint density at radius 2 is 1.84 bits per heavy atom. The van der Waals surface area contributed by atoms with E-state index < -0.39 is 6.04 Å². The molecule has 1 aromatic heterocycles. The number of methoxy groups -OCH3 is 3. The predicted octanol–water partition coefficient (Wildman–Crippen LogP) is -1.05. The van der Waals surface area contributed by atoms with Crippen LogP contribution in [0, 0.1) is 6.92 Å². The Hall–Kier alpha value is -3.96. The largest absolute Gasteiger partial charge is 1.00 e. The van der Waals surface area contributed by atoms with Crippen LogP contribution in [-0.4, -0.2) is 50.9 Å². The third kappa shape index (κ3) is 7.05. The summed E-state index contributed by atoms with van der Waals surface area (Å²) in [5.74, 6) is 1.54. The zero-order valence-electron chi connectivity index (χ0n) is 21.3. The van der Waals surface area contributed by atoms with Gasteiger partial charge in [-0.2, -0.15) is 0 Å². The third-order valence-electron chi connectivity index (χ3n) is 5.65. The van der Waals surface area contributed by atoms with Gasteiger partial charge in [0, 0.05) is 24.1 Å². The summed E-state index contributed by atoms with van der Waals surface area (Å²) in [6.45, 7) is 2.37. The smallest absolute Gasteiger partial charge is 0.282 e. The second-order valence-corrected chi connectivity index (χ2v) is 8.16. The summed E-state index contributed by atoms with van der Waals surface area (Å²) in [4.78, 5) is 16.7. The number of hydrogen-bond donors (Lipinski definition) is 4. The molecule has 0 aliphatic rings. The average Bonchev–Trinajstić information content (AvgIpc) is 3.35. The van der Waals surface area contributed by atoms with Crippen LogP contribution in [0.2, 0.25) is 0 Å². The lowest BCUT2D eigenvalue weighted by molar-refractivity contribution is -0.403. The molecule has 0 spiro atoms. The van der Waals surface area contributed by atoms with E-state index in [1.54, 1.807) is 33.7 Å².